The van der Waals surface area contributed by atoms with Crippen LogP contribution in [0.15, 0.2) is 30.3 Å². The Bertz CT molecular complexity index is 349. The summed E-state index contributed by atoms with van der Waals surface area (Å²) < 4.78 is 0. The largest absolute Gasteiger partial charge is 0.313 e. The number of hydrogen-bond acceptors (Lipinski definition) is 1. The van der Waals surface area contributed by atoms with Gasteiger partial charge in [-0.15, -0.1) is 0 Å². The van der Waals surface area contributed by atoms with Crippen LogP contribution in [0.2, 0.25) is 0 Å². The Morgan fingerprint density at radius 2 is 1.94 bits per heavy atom. The molecule has 1 aromatic rings. The molecule has 16 heavy (non-hydrogen) atoms. The first-order valence-electron chi connectivity index (χ1n) is 6.59. The first-order valence-corrected chi connectivity index (χ1v) is 6.59. The molecule has 0 radical (unpaired) electrons. The molecule has 0 amide bonds. The van der Waals surface area contributed by atoms with Gasteiger partial charge < -0.3 is 5.32 Å². The van der Waals surface area contributed by atoms with Crippen LogP contribution >= 0.6 is 0 Å². The van der Waals surface area contributed by atoms with Crippen molar-refractivity contribution < 1.29 is 0 Å². The number of rotatable bonds is 5. The highest BCUT2D eigenvalue weighted by atomic mass is 14.9. The zero-order chi connectivity index (χ0) is 11.0. The molecule has 0 unspecified atom stereocenters. The predicted molar refractivity (Wildman–Crippen MR) is 67.5 cm³/mol. The summed E-state index contributed by atoms with van der Waals surface area (Å²) in [5.74, 6) is 0.964. The summed E-state index contributed by atoms with van der Waals surface area (Å²) in [5.41, 5.74) is 2.01. The fraction of sp³-hybridized carbons (Fsp3) is 0.600. The minimum atomic E-state index is 0.477. The summed E-state index contributed by atoms with van der Waals surface area (Å²) in [6, 6.07) is 11.7. The molecule has 0 spiro atoms. The Labute approximate surface area is 98.3 Å². The second-order valence-electron chi connectivity index (χ2n) is 5.65. The Balaban J connectivity index is 1.61. The van der Waals surface area contributed by atoms with Crippen LogP contribution in [0.1, 0.15) is 38.2 Å². The van der Waals surface area contributed by atoms with Gasteiger partial charge in [0.2, 0.25) is 0 Å². The third-order valence-electron chi connectivity index (χ3n) is 4.33. The quantitative estimate of drug-likeness (QED) is 0.796. The van der Waals surface area contributed by atoms with E-state index >= 15 is 0 Å². The van der Waals surface area contributed by atoms with E-state index in [1.165, 1.54) is 37.8 Å². The van der Waals surface area contributed by atoms with Crippen LogP contribution in [0.5, 0.6) is 0 Å². The Hall–Kier alpha value is -0.820. The fourth-order valence-corrected chi connectivity index (χ4v) is 2.63. The van der Waals surface area contributed by atoms with E-state index < -0.39 is 0 Å². The van der Waals surface area contributed by atoms with Gasteiger partial charge in [-0.1, -0.05) is 30.3 Å². The van der Waals surface area contributed by atoms with Gasteiger partial charge in [-0.3, -0.25) is 0 Å². The molecule has 0 bridgehead atoms. The highest BCUT2D eigenvalue weighted by molar-refractivity contribution is 5.31. The monoisotopic (exact) mass is 215 g/mol. The molecule has 0 aromatic heterocycles. The van der Waals surface area contributed by atoms with Crippen molar-refractivity contribution in [1.29, 1.82) is 0 Å². The third-order valence-corrected chi connectivity index (χ3v) is 4.33. The van der Waals surface area contributed by atoms with Crippen molar-refractivity contribution in [3.05, 3.63) is 35.9 Å². The van der Waals surface area contributed by atoms with Crippen molar-refractivity contribution >= 4 is 0 Å². The van der Waals surface area contributed by atoms with Crippen molar-refractivity contribution in [2.45, 2.75) is 44.1 Å². The average Bonchev–Trinajstić information content (AvgIpc) is 3.19. The van der Waals surface area contributed by atoms with E-state index in [1.807, 2.05) is 0 Å². The SMILES string of the molecule is C[C@@H](NCC1(c2ccccc2)CC1)C1CC1. The standard InChI is InChI=1S/C15H21N/c1-12(13-7-8-13)16-11-15(9-10-15)14-5-3-2-4-6-14/h2-6,12-13,16H,7-11H2,1H3/t12-/m1/s1. The predicted octanol–water partition coefficient (Wildman–Crippen LogP) is 3.11. The molecule has 1 heteroatoms. The lowest BCUT2D eigenvalue weighted by Crippen LogP contribution is -2.35. The van der Waals surface area contributed by atoms with Gasteiger partial charge in [0.25, 0.3) is 0 Å². The maximum absolute atomic E-state index is 3.75. The zero-order valence-corrected chi connectivity index (χ0v) is 10.1. The first-order chi connectivity index (χ1) is 7.80. The number of nitrogens with one attached hydrogen (secondary N) is 1. The van der Waals surface area contributed by atoms with E-state index in [-0.39, 0.29) is 0 Å². The van der Waals surface area contributed by atoms with E-state index in [9.17, 15) is 0 Å². The molecule has 0 saturated heterocycles. The number of benzene rings is 1. The molecule has 1 aromatic carbocycles. The summed E-state index contributed by atoms with van der Waals surface area (Å²) in [6.07, 6.45) is 5.60. The number of hydrogen-bond donors (Lipinski definition) is 1. The van der Waals surface area contributed by atoms with E-state index in [1.54, 1.807) is 0 Å². The molecule has 0 heterocycles. The Morgan fingerprint density at radius 1 is 1.25 bits per heavy atom. The van der Waals surface area contributed by atoms with Gasteiger partial charge in [0.05, 0.1) is 0 Å². The molecule has 86 valence electrons. The lowest BCUT2D eigenvalue weighted by Gasteiger charge is -2.20. The smallest absolute Gasteiger partial charge is 0.00785 e. The molecule has 2 fully saturated rings. The van der Waals surface area contributed by atoms with E-state index in [4.69, 9.17) is 0 Å². The molecule has 1 nitrogen and oxygen atoms in total. The second kappa shape index (κ2) is 3.89. The van der Waals surface area contributed by atoms with Crippen molar-refractivity contribution in [1.82, 2.24) is 5.32 Å². The van der Waals surface area contributed by atoms with Gasteiger partial charge in [-0.25, -0.2) is 0 Å². The highest BCUT2D eigenvalue weighted by Gasteiger charge is 2.44. The lowest BCUT2D eigenvalue weighted by atomic mass is 9.95. The highest BCUT2D eigenvalue weighted by Crippen LogP contribution is 2.47. The van der Waals surface area contributed by atoms with Crippen LogP contribution in [0, 0.1) is 5.92 Å². The van der Waals surface area contributed by atoms with Crippen LogP contribution in [0.25, 0.3) is 0 Å². The normalized spacial score (nSPS) is 24.1. The van der Waals surface area contributed by atoms with Crippen LogP contribution < -0.4 is 5.32 Å². The molecule has 1 atom stereocenters. The molecular weight excluding hydrogens is 194 g/mol. The van der Waals surface area contributed by atoms with Gasteiger partial charge in [0.15, 0.2) is 0 Å². The first kappa shape index (κ1) is 10.3. The average molecular weight is 215 g/mol. The summed E-state index contributed by atoms with van der Waals surface area (Å²) in [5, 5.41) is 3.75. The summed E-state index contributed by atoms with van der Waals surface area (Å²) in [4.78, 5) is 0. The van der Waals surface area contributed by atoms with Crippen molar-refractivity contribution in [3.63, 3.8) is 0 Å². The second-order valence-corrected chi connectivity index (χ2v) is 5.65. The fourth-order valence-electron chi connectivity index (χ4n) is 2.63. The van der Waals surface area contributed by atoms with Crippen LogP contribution in [0.3, 0.4) is 0 Å². The van der Waals surface area contributed by atoms with E-state index in [0.717, 1.165) is 12.0 Å². The molecule has 3 rings (SSSR count). The van der Waals surface area contributed by atoms with E-state index in [0.29, 0.717) is 5.41 Å². The molecular formula is C15H21N. The van der Waals surface area contributed by atoms with E-state index in [2.05, 4.69) is 42.6 Å². The maximum atomic E-state index is 3.75. The van der Waals surface area contributed by atoms with Gasteiger partial charge in [-0.05, 0) is 44.1 Å². The lowest BCUT2D eigenvalue weighted by molar-refractivity contribution is 0.460. The third kappa shape index (κ3) is 2.01. The molecule has 2 aliphatic carbocycles. The van der Waals surface area contributed by atoms with Crippen LogP contribution in [0.4, 0.5) is 0 Å². The molecule has 0 aliphatic heterocycles. The summed E-state index contributed by atoms with van der Waals surface area (Å²) in [6.45, 7) is 3.52. The van der Waals surface area contributed by atoms with Crippen molar-refractivity contribution in [2.24, 2.45) is 5.92 Å². The Kier molecular flexibility index (Phi) is 2.51. The van der Waals surface area contributed by atoms with Gasteiger partial charge in [-0.2, -0.15) is 0 Å². The van der Waals surface area contributed by atoms with Crippen molar-refractivity contribution in [3.8, 4) is 0 Å². The summed E-state index contributed by atoms with van der Waals surface area (Å²) in [7, 11) is 0. The van der Waals surface area contributed by atoms with Crippen molar-refractivity contribution in [2.75, 3.05) is 6.54 Å². The van der Waals surface area contributed by atoms with Crippen LogP contribution in [-0.4, -0.2) is 12.6 Å². The maximum Gasteiger partial charge on any atom is 0.00785 e. The Morgan fingerprint density at radius 3 is 2.50 bits per heavy atom. The summed E-state index contributed by atoms with van der Waals surface area (Å²) >= 11 is 0. The minimum Gasteiger partial charge on any atom is -0.313 e. The van der Waals surface area contributed by atoms with Crippen LogP contribution in [-0.2, 0) is 5.41 Å². The van der Waals surface area contributed by atoms with Gasteiger partial charge >= 0.3 is 0 Å². The molecule has 1 N–H and O–H groups in total. The van der Waals surface area contributed by atoms with Gasteiger partial charge in [0, 0.05) is 18.0 Å². The molecule has 2 aliphatic rings. The zero-order valence-electron chi connectivity index (χ0n) is 10.1. The topological polar surface area (TPSA) is 12.0 Å². The van der Waals surface area contributed by atoms with Gasteiger partial charge in [0.1, 0.15) is 0 Å². The minimum absolute atomic E-state index is 0.477. The molecule has 2 saturated carbocycles.